The van der Waals surface area contributed by atoms with Crippen LogP contribution in [0.1, 0.15) is 5.56 Å². The summed E-state index contributed by atoms with van der Waals surface area (Å²) < 4.78 is 0. The largest absolute Gasteiger partial charge is 0.394 e. The van der Waals surface area contributed by atoms with Gasteiger partial charge in [-0.3, -0.25) is 0 Å². The van der Waals surface area contributed by atoms with Gasteiger partial charge in [0.05, 0.1) is 19.3 Å². The average molecular weight is 214 g/mol. The van der Waals surface area contributed by atoms with E-state index in [2.05, 4.69) is 0 Å². The van der Waals surface area contributed by atoms with E-state index >= 15 is 0 Å². The monoisotopic (exact) mass is 214 g/mol. The van der Waals surface area contributed by atoms with Crippen LogP contribution in [0.25, 0.3) is 0 Å². The van der Waals surface area contributed by atoms with Crippen LogP contribution in [0.3, 0.4) is 0 Å². The summed E-state index contributed by atoms with van der Waals surface area (Å²) in [6, 6.07) is 7.47. The summed E-state index contributed by atoms with van der Waals surface area (Å²) in [6.07, 6.45) is -0.702. The molecule has 1 unspecified atom stereocenters. The number of hydrogen-bond donors (Lipinski definition) is 3. The molecule has 0 aliphatic heterocycles. The smallest absolute Gasteiger partial charge is 0.0864 e. The Balaban J connectivity index is 2.57. The maximum atomic E-state index is 9.15. The third-order valence-electron chi connectivity index (χ3n) is 1.78. The molecule has 0 saturated heterocycles. The highest BCUT2D eigenvalue weighted by Gasteiger charge is 2.05. The fraction of sp³-hybridized carbons (Fsp3) is 0.400. The van der Waals surface area contributed by atoms with Gasteiger partial charge in [0.15, 0.2) is 0 Å². The van der Waals surface area contributed by atoms with Crippen LogP contribution in [0.5, 0.6) is 0 Å². The highest BCUT2D eigenvalue weighted by molar-refractivity contribution is 7.99. The summed E-state index contributed by atoms with van der Waals surface area (Å²) in [6.45, 7) is -0.229. The Kier molecular flexibility index (Phi) is 4.97. The fourth-order valence-electron chi connectivity index (χ4n) is 1.01. The molecule has 1 atom stereocenters. The van der Waals surface area contributed by atoms with Gasteiger partial charge >= 0.3 is 0 Å². The quantitative estimate of drug-likeness (QED) is 0.629. The molecule has 0 fully saturated rings. The lowest BCUT2D eigenvalue weighted by Gasteiger charge is -2.09. The van der Waals surface area contributed by atoms with E-state index in [9.17, 15) is 0 Å². The molecule has 1 aromatic carbocycles. The standard InChI is InChI=1S/C10H14O3S/c11-5-8-3-1-2-4-10(8)14-7-9(13)6-12/h1-4,9,11-13H,5-7H2. The van der Waals surface area contributed by atoms with Gasteiger partial charge in [-0.1, -0.05) is 18.2 Å². The lowest BCUT2D eigenvalue weighted by atomic mass is 10.2. The third kappa shape index (κ3) is 3.31. The van der Waals surface area contributed by atoms with Crippen molar-refractivity contribution >= 4 is 11.8 Å². The van der Waals surface area contributed by atoms with Crippen LogP contribution in [-0.4, -0.2) is 33.8 Å². The highest BCUT2D eigenvalue weighted by Crippen LogP contribution is 2.23. The Bertz CT molecular complexity index is 278. The van der Waals surface area contributed by atoms with Crippen LogP contribution in [-0.2, 0) is 6.61 Å². The topological polar surface area (TPSA) is 60.7 Å². The van der Waals surface area contributed by atoms with Gasteiger partial charge < -0.3 is 15.3 Å². The van der Waals surface area contributed by atoms with Crippen LogP contribution in [0, 0.1) is 0 Å². The fourth-order valence-corrected chi connectivity index (χ4v) is 1.98. The molecule has 0 aliphatic rings. The van der Waals surface area contributed by atoms with E-state index in [1.165, 1.54) is 11.8 Å². The summed E-state index contributed by atoms with van der Waals surface area (Å²) in [5.41, 5.74) is 0.850. The number of hydrogen-bond acceptors (Lipinski definition) is 4. The molecule has 4 heteroatoms. The maximum absolute atomic E-state index is 9.15. The second-order valence-corrected chi connectivity index (χ2v) is 3.98. The molecule has 78 valence electrons. The van der Waals surface area contributed by atoms with E-state index in [1.807, 2.05) is 24.3 Å². The predicted molar refractivity (Wildman–Crippen MR) is 56.2 cm³/mol. The van der Waals surface area contributed by atoms with E-state index in [0.717, 1.165) is 10.5 Å². The van der Waals surface area contributed by atoms with Crippen LogP contribution < -0.4 is 0 Å². The van der Waals surface area contributed by atoms with Gasteiger partial charge in [0.1, 0.15) is 0 Å². The van der Waals surface area contributed by atoms with Crippen LogP contribution >= 0.6 is 11.8 Å². The van der Waals surface area contributed by atoms with Gasteiger partial charge in [0, 0.05) is 10.6 Å². The summed E-state index contributed by atoms with van der Waals surface area (Å²) in [4.78, 5) is 0.947. The molecular formula is C10H14O3S. The number of aliphatic hydroxyl groups is 3. The first-order valence-corrected chi connectivity index (χ1v) is 5.37. The minimum absolute atomic E-state index is 0.00159. The Labute approximate surface area is 87.4 Å². The highest BCUT2D eigenvalue weighted by atomic mass is 32.2. The normalized spacial score (nSPS) is 12.8. The van der Waals surface area contributed by atoms with Crippen LogP contribution in [0.4, 0.5) is 0 Å². The average Bonchev–Trinajstić information content (AvgIpc) is 2.26. The van der Waals surface area contributed by atoms with Crippen molar-refractivity contribution in [1.82, 2.24) is 0 Å². The summed E-state index contributed by atoms with van der Waals surface area (Å²) >= 11 is 1.43. The van der Waals surface area contributed by atoms with Crippen molar-refractivity contribution in [2.45, 2.75) is 17.6 Å². The van der Waals surface area contributed by atoms with Crippen LogP contribution in [0.15, 0.2) is 29.2 Å². The molecule has 0 aromatic heterocycles. The lowest BCUT2D eigenvalue weighted by molar-refractivity contribution is 0.113. The van der Waals surface area contributed by atoms with Gasteiger partial charge in [-0.25, -0.2) is 0 Å². The van der Waals surface area contributed by atoms with Crippen molar-refractivity contribution in [1.29, 1.82) is 0 Å². The Morgan fingerprint density at radius 2 is 1.93 bits per heavy atom. The van der Waals surface area contributed by atoms with Gasteiger partial charge in [0.25, 0.3) is 0 Å². The lowest BCUT2D eigenvalue weighted by Crippen LogP contribution is -2.14. The molecule has 0 spiro atoms. The number of benzene rings is 1. The van der Waals surface area contributed by atoms with Crippen molar-refractivity contribution in [3.63, 3.8) is 0 Å². The van der Waals surface area contributed by atoms with E-state index in [4.69, 9.17) is 15.3 Å². The van der Waals surface area contributed by atoms with E-state index < -0.39 is 6.10 Å². The summed E-state index contributed by atoms with van der Waals surface area (Å²) in [5.74, 6) is 0.438. The molecule has 3 nitrogen and oxygen atoms in total. The molecule has 1 rings (SSSR count). The van der Waals surface area contributed by atoms with Gasteiger partial charge in [-0.15, -0.1) is 11.8 Å². The first-order valence-electron chi connectivity index (χ1n) is 4.38. The molecular weight excluding hydrogens is 200 g/mol. The summed E-state index contributed by atoms with van der Waals surface area (Å²) in [5, 5.41) is 26.8. The molecule has 0 heterocycles. The zero-order valence-corrected chi connectivity index (χ0v) is 8.57. The SMILES string of the molecule is OCc1ccccc1SCC(O)CO. The Morgan fingerprint density at radius 1 is 1.21 bits per heavy atom. The number of aliphatic hydroxyl groups excluding tert-OH is 3. The Hall–Kier alpha value is -0.550. The summed E-state index contributed by atoms with van der Waals surface area (Å²) in [7, 11) is 0. The van der Waals surface area contributed by atoms with Gasteiger partial charge in [-0.05, 0) is 11.6 Å². The third-order valence-corrected chi connectivity index (χ3v) is 3.05. The van der Waals surface area contributed by atoms with Gasteiger partial charge in [-0.2, -0.15) is 0 Å². The molecule has 0 aliphatic carbocycles. The Morgan fingerprint density at radius 3 is 2.57 bits per heavy atom. The van der Waals surface area contributed by atoms with Crippen molar-refractivity contribution in [2.24, 2.45) is 0 Å². The van der Waals surface area contributed by atoms with Crippen molar-refractivity contribution in [3.05, 3.63) is 29.8 Å². The van der Waals surface area contributed by atoms with Gasteiger partial charge in [0.2, 0.25) is 0 Å². The van der Waals surface area contributed by atoms with Crippen LogP contribution in [0.2, 0.25) is 0 Å². The zero-order chi connectivity index (χ0) is 10.4. The van der Waals surface area contributed by atoms with Crippen molar-refractivity contribution in [2.75, 3.05) is 12.4 Å². The first kappa shape index (κ1) is 11.5. The minimum Gasteiger partial charge on any atom is -0.394 e. The van der Waals surface area contributed by atoms with E-state index in [-0.39, 0.29) is 13.2 Å². The second kappa shape index (κ2) is 6.03. The molecule has 0 radical (unpaired) electrons. The number of rotatable bonds is 5. The van der Waals surface area contributed by atoms with Crippen molar-refractivity contribution < 1.29 is 15.3 Å². The van der Waals surface area contributed by atoms with Crippen molar-refractivity contribution in [3.8, 4) is 0 Å². The molecule has 1 aromatic rings. The van der Waals surface area contributed by atoms with E-state index in [1.54, 1.807) is 0 Å². The molecule has 14 heavy (non-hydrogen) atoms. The second-order valence-electron chi connectivity index (χ2n) is 2.91. The van der Waals surface area contributed by atoms with E-state index in [0.29, 0.717) is 5.75 Å². The minimum atomic E-state index is -0.702. The molecule has 3 N–H and O–H groups in total. The predicted octanol–water partition coefficient (Wildman–Crippen LogP) is 0.624. The first-order chi connectivity index (χ1) is 6.77. The molecule has 0 amide bonds. The molecule has 0 saturated carbocycles. The zero-order valence-electron chi connectivity index (χ0n) is 7.76. The number of thioether (sulfide) groups is 1. The maximum Gasteiger partial charge on any atom is 0.0864 e. The molecule has 0 bridgehead atoms.